The van der Waals surface area contributed by atoms with E-state index in [2.05, 4.69) is 20.2 Å². The summed E-state index contributed by atoms with van der Waals surface area (Å²) in [7, 11) is 0. The van der Waals surface area contributed by atoms with Gasteiger partial charge in [0.25, 0.3) is 0 Å². The highest BCUT2D eigenvalue weighted by atomic mass is 35.5. The van der Waals surface area contributed by atoms with Gasteiger partial charge in [-0.1, -0.05) is 29.8 Å². The van der Waals surface area contributed by atoms with Gasteiger partial charge in [-0.3, -0.25) is 0 Å². The van der Waals surface area contributed by atoms with E-state index in [9.17, 15) is 4.79 Å². The number of anilines is 2. The number of nitrogen functional groups attached to an aromatic ring is 1. The van der Waals surface area contributed by atoms with Crippen molar-refractivity contribution in [3.63, 3.8) is 0 Å². The predicted octanol–water partition coefficient (Wildman–Crippen LogP) is 3.56. The van der Waals surface area contributed by atoms with Crippen LogP contribution in [0.4, 0.5) is 16.6 Å². The number of nitrogens with two attached hydrogens (primary N) is 1. The van der Waals surface area contributed by atoms with Crippen molar-refractivity contribution in [2.45, 2.75) is 32.2 Å². The topological polar surface area (TPSA) is 104 Å². The number of aryl methyl sites for hydroxylation is 1. The van der Waals surface area contributed by atoms with Gasteiger partial charge < -0.3 is 21.1 Å². The van der Waals surface area contributed by atoms with E-state index in [1.807, 2.05) is 32.0 Å². The fourth-order valence-electron chi connectivity index (χ4n) is 4.77. The summed E-state index contributed by atoms with van der Waals surface area (Å²) in [4.78, 5) is 22.3. The van der Waals surface area contributed by atoms with Crippen LogP contribution in [-0.4, -0.2) is 39.8 Å². The van der Waals surface area contributed by atoms with Gasteiger partial charge in [0.2, 0.25) is 5.95 Å². The number of hydrogen-bond acceptors (Lipinski definition) is 5. The van der Waals surface area contributed by atoms with E-state index in [1.165, 1.54) is 0 Å². The molecular formula is C20H24ClN5O2. The van der Waals surface area contributed by atoms with Crippen LogP contribution < -0.4 is 16.0 Å². The first kappa shape index (κ1) is 18.8. The van der Waals surface area contributed by atoms with Gasteiger partial charge >= 0.3 is 6.09 Å². The quantitative estimate of drug-likeness (QED) is 0.726. The van der Waals surface area contributed by atoms with E-state index in [0.717, 1.165) is 42.6 Å². The average Bonchev–Trinajstić information content (AvgIpc) is 3.11. The summed E-state index contributed by atoms with van der Waals surface area (Å²) in [6.07, 6.45) is 2.43. The van der Waals surface area contributed by atoms with Crippen molar-refractivity contribution in [2.24, 2.45) is 11.8 Å². The van der Waals surface area contributed by atoms with Gasteiger partial charge in [0.1, 0.15) is 5.82 Å². The van der Waals surface area contributed by atoms with Crippen LogP contribution in [0.25, 0.3) is 11.1 Å². The van der Waals surface area contributed by atoms with Gasteiger partial charge in [-0.25, -0.2) is 9.78 Å². The zero-order valence-electron chi connectivity index (χ0n) is 15.9. The van der Waals surface area contributed by atoms with Crippen LogP contribution in [0.1, 0.15) is 25.3 Å². The molecule has 1 aliphatic heterocycles. The van der Waals surface area contributed by atoms with Crippen molar-refractivity contribution < 1.29 is 9.90 Å². The van der Waals surface area contributed by atoms with Gasteiger partial charge in [0.15, 0.2) is 0 Å². The molecule has 1 aromatic carbocycles. The zero-order valence-corrected chi connectivity index (χ0v) is 16.7. The Hall–Kier alpha value is -2.54. The summed E-state index contributed by atoms with van der Waals surface area (Å²) in [5.41, 5.74) is 8.44. The minimum Gasteiger partial charge on any atom is -0.465 e. The Morgan fingerprint density at radius 2 is 2.00 bits per heavy atom. The van der Waals surface area contributed by atoms with Crippen LogP contribution in [0.3, 0.4) is 0 Å². The van der Waals surface area contributed by atoms with Gasteiger partial charge in [-0.05, 0) is 44.1 Å². The van der Waals surface area contributed by atoms with Crippen molar-refractivity contribution in [3.05, 3.63) is 35.0 Å². The van der Waals surface area contributed by atoms with Gasteiger partial charge in [0.05, 0.1) is 5.02 Å². The molecule has 1 aliphatic carbocycles. The summed E-state index contributed by atoms with van der Waals surface area (Å²) in [5, 5.41) is 12.4. The number of carbonyl (C=O) groups is 1. The standard InChI is InChI=1S/C20H24ClN5O2/c1-11-4-3-5-14(16(11)21)15-8-23-18(24-17(15)22)26-9-12-6-20(2,25-19(27)28)7-13(12)10-26/h3-5,8,12-13,25H,6-7,9-10H2,1-2H3,(H,27,28)(H2,22,23,24)/t12-,13+,20+. The molecule has 4 N–H and O–H groups in total. The number of amides is 1. The number of aromatic nitrogens is 2. The lowest BCUT2D eigenvalue weighted by molar-refractivity contribution is 0.179. The smallest absolute Gasteiger partial charge is 0.405 e. The van der Waals surface area contributed by atoms with Gasteiger partial charge in [-0.2, -0.15) is 4.98 Å². The molecule has 28 heavy (non-hydrogen) atoms. The van der Waals surface area contributed by atoms with Crippen LogP contribution in [0.5, 0.6) is 0 Å². The molecule has 2 aromatic rings. The third kappa shape index (κ3) is 3.35. The van der Waals surface area contributed by atoms with Crippen LogP contribution in [0.2, 0.25) is 5.02 Å². The molecule has 0 spiro atoms. The lowest BCUT2D eigenvalue weighted by atomic mass is 9.98. The van der Waals surface area contributed by atoms with E-state index in [-0.39, 0.29) is 5.54 Å². The molecule has 3 atom stereocenters. The molecule has 0 radical (unpaired) electrons. The highest BCUT2D eigenvalue weighted by molar-refractivity contribution is 6.34. The molecule has 8 heteroatoms. The summed E-state index contributed by atoms with van der Waals surface area (Å²) < 4.78 is 0. The third-order valence-electron chi connectivity index (χ3n) is 5.98. The van der Waals surface area contributed by atoms with E-state index < -0.39 is 6.09 Å². The third-order valence-corrected chi connectivity index (χ3v) is 6.48. The fraction of sp³-hybridized carbons (Fsp3) is 0.450. The van der Waals surface area contributed by atoms with Crippen molar-refractivity contribution in [2.75, 3.05) is 23.7 Å². The maximum Gasteiger partial charge on any atom is 0.405 e. The highest BCUT2D eigenvalue weighted by Gasteiger charge is 2.48. The fourth-order valence-corrected chi connectivity index (χ4v) is 4.99. The normalized spacial score (nSPS) is 26.3. The number of fused-ring (bicyclic) bond motifs is 1. The van der Waals surface area contributed by atoms with Crippen LogP contribution >= 0.6 is 11.6 Å². The van der Waals surface area contributed by atoms with Crippen LogP contribution in [0.15, 0.2) is 24.4 Å². The van der Waals surface area contributed by atoms with E-state index in [4.69, 9.17) is 22.4 Å². The first-order valence-electron chi connectivity index (χ1n) is 9.40. The minimum absolute atomic E-state index is 0.348. The lowest BCUT2D eigenvalue weighted by Gasteiger charge is -2.27. The molecule has 148 valence electrons. The molecule has 2 fully saturated rings. The zero-order chi connectivity index (χ0) is 20.1. The second-order valence-electron chi connectivity index (χ2n) is 8.23. The van der Waals surface area contributed by atoms with E-state index >= 15 is 0 Å². The summed E-state index contributed by atoms with van der Waals surface area (Å²) in [5.74, 6) is 1.87. The van der Waals surface area contributed by atoms with Crippen molar-refractivity contribution in [1.29, 1.82) is 0 Å². The Morgan fingerprint density at radius 3 is 2.61 bits per heavy atom. The summed E-state index contributed by atoms with van der Waals surface area (Å²) in [6.45, 7) is 5.56. The van der Waals surface area contributed by atoms with Crippen LogP contribution in [0, 0.1) is 18.8 Å². The summed E-state index contributed by atoms with van der Waals surface area (Å²) >= 11 is 6.42. The first-order chi connectivity index (χ1) is 13.3. The molecule has 0 unspecified atom stereocenters. The monoisotopic (exact) mass is 401 g/mol. The second-order valence-corrected chi connectivity index (χ2v) is 8.61. The molecule has 1 amide bonds. The number of hydrogen-bond donors (Lipinski definition) is 3. The second kappa shape index (κ2) is 6.81. The summed E-state index contributed by atoms with van der Waals surface area (Å²) in [6, 6.07) is 5.81. The predicted molar refractivity (Wildman–Crippen MR) is 110 cm³/mol. The molecule has 2 heterocycles. The number of halogens is 1. The van der Waals surface area contributed by atoms with Gasteiger partial charge in [-0.15, -0.1) is 0 Å². The Balaban J connectivity index is 1.51. The molecule has 0 bridgehead atoms. The van der Waals surface area contributed by atoms with Crippen LogP contribution in [-0.2, 0) is 0 Å². The number of rotatable bonds is 3. The largest absolute Gasteiger partial charge is 0.465 e. The Kier molecular flexibility index (Phi) is 4.57. The average molecular weight is 402 g/mol. The maximum absolute atomic E-state index is 11.0. The first-order valence-corrected chi connectivity index (χ1v) is 9.77. The molecule has 1 aromatic heterocycles. The molecule has 7 nitrogen and oxygen atoms in total. The number of carboxylic acid groups (broad SMARTS) is 1. The molecular weight excluding hydrogens is 378 g/mol. The Bertz CT molecular complexity index is 921. The van der Waals surface area contributed by atoms with Crippen molar-refractivity contribution in [3.8, 4) is 11.1 Å². The number of nitrogens with zero attached hydrogens (tertiary/aromatic N) is 3. The maximum atomic E-state index is 11.0. The minimum atomic E-state index is -0.958. The Morgan fingerprint density at radius 1 is 1.32 bits per heavy atom. The molecule has 2 aliphatic rings. The molecule has 4 rings (SSSR count). The molecule has 1 saturated carbocycles. The SMILES string of the molecule is Cc1cccc(-c2cnc(N3C[C@@H]4C[C@@](C)(NC(=O)O)C[C@@H]4C3)nc2N)c1Cl. The van der Waals surface area contributed by atoms with E-state index in [1.54, 1.807) is 6.20 Å². The number of nitrogens with one attached hydrogen (secondary N) is 1. The van der Waals surface area contributed by atoms with Gasteiger partial charge in [0, 0.05) is 36.0 Å². The van der Waals surface area contributed by atoms with Crippen molar-refractivity contribution in [1.82, 2.24) is 15.3 Å². The highest BCUT2D eigenvalue weighted by Crippen LogP contribution is 2.44. The van der Waals surface area contributed by atoms with E-state index in [0.29, 0.717) is 28.6 Å². The lowest BCUT2D eigenvalue weighted by Crippen LogP contribution is -2.44. The molecule has 1 saturated heterocycles. The van der Waals surface area contributed by atoms with Crippen molar-refractivity contribution >= 4 is 29.5 Å². The number of benzene rings is 1. The Labute approximate surface area is 168 Å².